The van der Waals surface area contributed by atoms with E-state index in [4.69, 9.17) is 9.47 Å². The molecule has 180 valence electrons. The molecule has 0 spiro atoms. The summed E-state index contributed by atoms with van der Waals surface area (Å²) < 4.78 is 10.5. The van der Waals surface area contributed by atoms with Crippen LogP contribution in [0.15, 0.2) is 45.4 Å². The van der Waals surface area contributed by atoms with Crippen molar-refractivity contribution in [2.75, 3.05) is 11.9 Å². The SMILES string of the molecule is CC(=O)OCC1=C(C(=O)OCc2ccc([N+](=O)[O-])cc2)N2C(=O)C(NC(=O)CBr)[C@H]2S/C1=C\Br. The summed E-state index contributed by atoms with van der Waals surface area (Å²) in [6.45, 7) is 0.721. The second-order valence-corrected chi connectivity index (χ2v) is 9.15. The van der Waals surface area contributed by atoms with E-state index in [2.05, 4.69) is 37.2 Å². The summed E-state index contributed by atoms with van der Waals surface area (Å²) in [5, 5.41) is 12.8. The van der Waals surface area contributed by atoms with Crippen molar-refractivity contribution in [3.8, 4) is 0 Å². The van der Waals surface area contributed by atoms with E-state index in [1.165, 1.54) is 52.8 Å². The molecule has 1 fully saturated rings. The third-order valence-electron chi connectivity index (χ3n) is 4.78. The highest BCUT2D eigenvalue weighted by molar-refractivity contribution is 9.11. The van der Waals surface area contributed by atoms with Crippen LogP contribution < -0.4 is 5.32 Å². The topological polar surface area (TPSA) is 145 Å². The summed E-state index contributed by atoms with van der Waals surface area (Å²) in [4.78, 5) is 62.7. The summed E-state index contributed by atoms with van der Waals surface area (Å²) in [6, 6.07) is 4.60. The number of thioether (sulfide) groups is 1. The number of halogens is 2. The number of fused-ring (bicyclic) bond motifs is 1. The largest absolute Gasteiger partial charge is 0.461 e. The van der Waals surface area contributed by atoms with E-state index in [0.29, 0.717) is 10.5 Å². The smallest absolute Gasteiger partial charge is 0.355 e. The van der Waals surface area contributed by atoms with Crippen LogP contribution in [-0.2, 0) is 35.3 Å². The Bertz CT molecular complexity index is 1110. The van der Waals surface area contributed by atoms with Crippen molar-refractivity contribution < 1.29 is 33.6 Å². The van der Waals surface area contributed by atoms with Crippen LogP contribution in [0.25, 0.3) is 0 Å². The Kier molecular flexibility index (Phi) is 8.49. The second-order valence-electron chi connectivity index (χ2n) is 6.98. The fraction of sp³-hybridized carbons (Fsp3) is 0.300. The standard InChI is InChI=1S/C20H17Br2N3O8S/c1-10(26)32-9-13-14(6-21)34-19-16(23-15(27)7-22)18(28)24(19)17(13)20(29)33-8-11-2-4-12(5-3-11)25(30)31/h2-6,16,19H,7-9H2,1H3,(H,23,27)/b14-6-/t16?,19-/m1/s1. The molecule has 1 N–H and O–H groups in total. The first-order valence-corrected chi connectivity index (χ1v) is 12.5. The lowest BCUT2D eigenvalue weighted by Gasteiger charge is -2.50. The molecule has 0 aliphatic carbocycles. The molecule has 2 atom stereocenters. The lowest BCUT2D eigenvalue weighted by atomic mass is 10.0. The van der Waals surface area contributed by atoms with E-state index < -0.39 is 34.2 Å². The molecule has 11 nitrogen and oxygen atoms in total. The van der Waals surface area contributed by atoms with Crippen LogP contribution in [0, 0.1) is 10.1 Å². The average molecular weight is 619 g/mol. The Labute approximate surface area is 214 Å². The molecule has 2 aliphatic heterocycles. The number of nitro groups is 1. The van der Waals surface area contributed by atoms with Crippen molar-refractivity contribution in [2.24, 2.45) is 0 Å². The van der Waals surface area contributed by atoms with Gasteiger partial charge in [-0.25, -0.2) is 4.79 Å². The molecule has 1 aromatic rings. The van der Waals surface area contributed by atoms with Crippen LogP contribution in [0.1, 0.15) is 12.5 Å². The third-order valence-corrected chi connectivity index (χ3v) is 7.40. The molecular formula is C20H17Br2N3O8S. The molecule has 1 unspecified atom stereocenters. The van der Waals surface area contributed by atoms with Crippen molar-refractivity contribution in [3.05, 3.63) is 61.1 Å². The number of non-ortho nitro benzene ring substituents is 1. The van der Waals surface area contributed by atoms with E-state index in [1.54, 1.807) is 0 Å². The van der Waals surface area contributed by atoms with E-state index in [9.17, 15) is 29.3 Å². The van der Waals surface area contributed by atoms with Gasteiger partial charge < -0.3 is 14.8 Å². The average Bonchev–Trinajstić information content (AvgIpc) is 2.83. The Balaban J connectivity index is 1.88. The molecule has 2 heterocycles. The first-order valence-electron chi connectivity index (χ1n) is 9.60. The Morgan fingerprint density at radius 3 is 2.47 bits per heavy atom. The van der Waals surface area contributed by atoms with Crippen molar-refractivity contribution >= 4 is 73.1 Å². The van der Waals surface area contributed by atoms with Gasteiger partial charge >= 0.3 is 11.9 Å². The zero-order chi connectivity index (χ0) is 25.0. The number of esters is 2. The summed E-state index contributed by atoms with van der Waals surface area (Å²) >= 11 is 7.48. The Morgan fingerprint density at radius 2 is 1.91 bits per heavy atom. The second kappa shape index (κ2) is 11.1. The number of nitro benzene ring substituents is 1. The normalized spacial score (nSPS) is 20.4. The van der Waals surface area contributed by atoms with Gasteiger partial charge in [-0.15, -0.1) is 0 Å². The fourth-order valence-corrected chi connectivity index (χ4v) is 5.19. The van der Waals surface area contributed by atoms with E-state index >= 15 is 0 Å². The Hall–Kier alpha value is -2.71. The molecule has 0 aromatic heterocycles. The number of ether oxygens (including phenoxy) is 2. The summed E-state index contributed by atoms with van der Waals surface area (Å²) in [5.74, 6) is -2.33. The minimum atomic E-state index is -0.856. The van der Waals surface area contributed by atoms with Crippen molar-refractivity contribution in [2.45, 2.75) is 24.9 Å². The highest BCUT2D eigenvalue weighted by atomic mass is 79.9. The first-order chi connectivity index (χ1) is 16.2. The lowest BCUT2D eigenvalue weighted by Crippen LogP contribution is -2.70. The fourth-order valence-electron chi connectivity index (χ4n) is 3.19. The van der Waals surface area contributed by atoms with E-state index in [1.807, 2.05) is 0 Å². The predicted octanol–water partition coefficient (Wildman–Crippen LogP) is 2.49. The molecule has 34 heavy (non-hydrogen) atoms. The minimum Gasteiger partial charge on any atom is -0.461 e. The number of amides is 2. The van der Waals surface area contributed by atoms with Crippen molar-refractivity contribution in [3.63, 3.8) is 0 Å². The predicted molar refractivity (Wildman–Crippen MR) is 128 cm³/mol. The number of nitrogens with zero attached hydrogens (tertiary/aromatic N) is 2. The van der Waals surface area contributed by atoms with Gasteiger partial charge in [0, 0.05) is 29.5 Å². The zero-order valence-corrected chi connectivity index (χ0v) is 21.5. The van der Waals surface area contributed by atoms with Crippen LogP contribution in [0.3, 0.4) is 0 Å². The van der Waals surface area contributed by atoms with Crippen LogP contribution in [0.2, 0.25) is 0 Å². The van der Waals surface area contributed by atoms with Crippen LogP contribution in [0.5, 0.6) is 0 Å². The van der Waals surface area contributed by atoms with Crippen molar-refractivity contribution in [1.29, 1.82) is 0 Å². The van der Waals surface area contributed by atoms with E-state index in [0.717, 1.165) is 0 Å². The quantitative estimate of drug-likeness (QED) is 0.153. The van der Waals surface area contributed by atoms with Gasteiger partial charge in [0.1, 0.15) is 30.3 Å². The van der Waals surface area contributed by atoms with Gasteiger partial charge in [-0.2, -0.15) is 0 Å². The highest BCUT2D eigenvalue weighted by Gasteiger charge is 2.55. The molecule has 1 aromatic carbocycles. The molecule has 0 bridgehead atoms. The number of benzene rings is 1. The van der Waals surface area contributed by atoms with Gasteiger partial charge in [-0.3, -0.25) is 29.4 Å². The van der Waals surface area contributed by atoms with Gasteiger partial charge in [-0.1, -0.05) is 43.6 Å². The highest BCUT2D eigenvalue weighted by Crippen LogP contribution is 2.47. The molecular weight excluding hydrogens is 602 g/mol. The minimum absolute atomic E-state index is 0.00693. The zero-order valence-electron chi connectivity index (χ0n) is 17.5. The molecule has 2 amide bonds. The summed E-state index contributed by atoms with van der Waals surface area (Å²) in [7, 11) is 0. The number of β-lactam (4-membered cyclic amide) rings is 1. The Morgan fingerprint density at radius 1 is 1.24 bits per heavy atom. The number of nitrogens with one attached hydrogen (secondary N) is 1. The molecule has 2 aliphatic rings. The van der Waals surface area contributed by atoms with Gasteiger partial charge in [0.2, 0.25) is 5.91 Å². The number of rotatable bonds is 8. The van der Waals surface area contributed by atoms with Gasteiger partial charge in [0.05, 0.1) is 10.3 Å². The monoisotopic (exact) mass is 617 g/mol. The first kappa shape index (κ1) is 25.9. The molecule has 0 radical (unpaired) electrons. The van der Waals surface area contributed by atoms with Crippen molar-refractivity contribution in [1.82, 2.24) is 10.2 Å². The van der Waals surface area contributed by atoms with E-state index in [-0.39, 0.29) is 41.4 Å². The maximum atomic E-state index is 13.1. The maximum Gasteiger partial charge on any atom is 0.355 e. The number of hydrogen-bond donors (Lipinski definition) is 1. The molecule has 1 saturated heterocycles. The number of carbonyl (C=O) groups is 4. The third kappa shape index (κ3) is 5.50. The number of carbonyl (C=O) groups excluding carboxylic acids is 4. The molecule has 3 rings (SSSR count). The number of hydrogen-bond acceptors (Lipinski definition) is 9. The number of alkyl halides is 1. The summed E-state index contributed by atoms with van der Waals surface area (Å²) in [6.07, 6.45) is 0. The summed E-state index contributed by atoms with van der Waals surface area (Å²) in [5.41, 5.74) is 0.549. The van der Waals surface area contributed by atoms with Gasteiger partial charge in [0.15, 0.2) is 0 Å². The van der Waals surface area contributed by atoms with Crippen LogP contribution in [0.4, 0.5) is 5.69 Å². The lowest BCUT2D eigenvalue weighted by molar-refractivity contribution is -0.384. The van der Waals surface area contributed by atoms with Crippen LogP contribution >= 0.6 is 43.6 Å². The van der Waals surface area contributed by atoms with Gasteiger partial charge in [0.25, 0.3) is 11.6 Å². The molecule has 14 heteroatoms. The van der Waals surface area contributed by atoms with Crippen LogP contribution in [-0.4, -0.2) is 56.9 Å². The maximum absolute atomic E-state index is 13.1. The van der Waals surface area contributed by atoms with Gasteiger partial charge in [-0.05, 0) is 22.7 Å². The molecule has 0 saturated carbocycles.